The van der Waals surface area contributed by atoms with Gasteiger partial charge in [0.2, 0.25) is 0 Å². The van der Waals surface area contributed by atoms with Crippen LogP contribution in [0, 0.1) is 0 Å². The summed E-state index contributed by atoms with van der Waals surface area (Å²) >= 11 is 0. The maximum atomic E-state index is 13.2. The van der Waals surface area contributed by atoms with Crippen LogP contribution in [-0.4, -0.2) is 27.9 Å². The largest absolute Gasteiger partial charge is 0.493 e. The van der Waals surface area contributed by atoms with Crippen LogP contribution in [0.1, 0.15) is 55.5 Å². The van der Waals surface area contributed by atoms with Crippen molar-refractivity contribution in [3.8, 4) is 11.5 Å². The van der Waals surface area contributed by atoms with Gasteiger partial charge in [-0.05, 0) is 25.0 Å². The van der Waals surface area contributed by atoms with E-state index in [1.54, 1.807) is 30.3 Å². The van der Waals surface area contributed by atoms with E-state index in [0.717, 1.165) is 36.5 Å². The van der Waals surface area contributed by atoms with Crippen molar-refractivity contribution in [2.45, 2.75) is 50.2 Å². The van der Waals surface area contributed by atoms with Crippen LogP contribution in [0.25, 0.3) is 10.8 Å². The molecule has 6 heteroatoms. The van der Waals surface area contributed by atoms with Gasteiger partial charge in [0.25, 0.3) is 0 Å². The van der Waals surface area contributed by atoms with Crippen molar-refractivity contribution >= 4 is 26.9 Å². The zero-order valence-corrected chi connectivity index (χ0v) is 19.5. The number of carbonyl (C=O) groups excluding carboxylic acids is 1. The van der Waals surface area contributed by atoms with Gasteiger partial charge >= 0.3 is 0 Å². The molecular formula is C26H30O5S. The number of ether oxygens (including phenoxy) is 2. The van der Waals surface area contributed by atoms with E-state index in [0.29, 0.717) is 36.6 Å². The van der Waals surface area contributed by atoms with Crippen molar-refractivity contribution in [3.63, 3.8) is 0 Å². The summed E-state index contributed by atoms with van der Waals surface area (Å²) in [4.78, 5) is 12.5. The molecule has 3 aromatic carbocycles. The molecule has 32 heavy (non-hydrogen) atoms. The van der Waals surface area contributed by atoms with Gasteiger partial charge in [0.1, 0.15) is 11.5 Å². The number of aldehydes is 1. The third-order valence-corrected chi connectivity index (χ3v) is 6.96. The molecule has 0 aliphatic rings. The van der Waals surface area contributed by atoms with Gasteiger partial charge in [-0.3, -0.25) is 4.79 Å². The van der Waals surface area contributed by atoms with Crippen molar-refractivity contribution in [1.82, 2.24) is 0 Å². The van der Waals surface area contributed by atoms with Gasteiger partial charge in [-0.1, -0.05) is 69.2 Å². The highest BCUT2D eigenvalue weighted by molar-refractivity contribution is 7.90. The molecule has 3 rings (SSSR count). The van der Waals surface area contributed by atoms with Gasteiger partial charge in [0.15, 0.2) is 16.1 Å². The molecule has 3 aromatic rings. The molecule has 0 aliphatic heterocycles. The van der Waals surface area contributed by atoms with Gasteiger partial charge in [-0.25, -0.2) is 8.42 Å². The molecule has 0 N–H and O–H groups in total. The first-order chi connectivity index (χ1) is 15.5. The monoisotopic (exact) mass is 454 g/mol. The Hall–Kier alpha value is -2.86. The molecule has 0 spiro atoms. The van der Waals surface area contributed by atoms with Crippen molar-refractivity contribution in [1.29, 1.82) is 0 Å². The number of fused-ring (bicyclic) bond motifs is 1. The summed E-state index contributed by atoms with van der Waals surface area (Å²) in [6.45, 7) is 5.00. The molecule has 0 radical (unpaired) electrons. The van der Waals surface area contributed by atoms with Crippen LogP contribution in [0.4, 0.5) is 0 Å². The third-order valence-electron chi connectivity index (χ3n) is 5.30. The number of benzene rings is 3. The fraction of sp³-hybridized carbons (Fsp3) is 0.346. The predicted octanol–water partition coefficient (Wildman–Crippen LogP) is 5.98. The first kappa shape index (κ1) is 23.8. The van der Waals surface area contributed by atoms with E-state index < -0.39 is 9.84 Å². The van der Waals surface area contributed by atoms with E-state index in [1.165, 1.54) is 0 Å². The molecular weight excluding hydrogens is 424 g/mol. The number of unbranched alkanes of at least 4 members (excludes halogenated alkanes) is 2. The summed E-state index contributed by atoms with van der Waals surface area (Å²) in [7, 11) is -3.70. The van der Waals surface area contributed by atoms with E-state index in [2.05, 4.69) is 13.8 Å². The van der Waals surface area contributed by atoms with Gasteiger partial charge in [0, 0.05) is 16.3 Å². The molecule has 0 fully saturated rings. The van der Waals surface area contributed by atoms with Gasteiger partial charge in [0.05, 0.1) is 29.4 Å². The quantitative estimate of drug-likeness (QED) is 0.249. The Morgan fingerprint density at radius 3 is 1.88 bits per heavy atom. The van der Waals surface area contributed by atoms with E-state index >= 15 is 0 Å². The minimum atomic E-state index is -3.70. The highest BCUT2D eigenvalue weighted by Crippen LogP contribution is 2.42. The van der Waals surface area contributed by atoms with Gasteiger partial charge < -0.3 is 9.47 Å². The smallest absolute Gasteiger partial charge is 0.182 e. The van der Waals surface area contributed by atoms with Crippen LogP contribution in [0.3, 0.4) is 0 Å². The minimum absolute atomic E-state index is 0.206. The lowest BCUT2D eigenvalue weighted by Crippen LogP contribution is -2.12. The fourth-order valence-electron chi connectivity index (χ4n) is 3.57. The highest BCUT2D eigenvalue weighted by atomic mass is 32.2. The topological polar surface area (TPSA) is 69.7 Å². The number of hydrogen-bond donors (Lipinski definition) is 0. The third kappa shape index (κ3) is 5.30. The average Bonchev–Trinajstić information content (AvgIpc) is 2.81. The lowest BCUT2D eigenvalue weighted by molar-refractivity contribution is 0.111. The normalized spacial score (nSPS) is 11.4. The Morgan fingerprint density at radius 2 is 1.31 bits per heavy atom. The molecule has 0 aliphatic carbocycles. The van der Waals surface area contributed by atoms with E-state index in [-0.39, 0.29) is 16.2 Å². The Labute approximate surface area is 190 Å². The molecule has 0 atom stereocenters. The zero-order valence-electron chi connectivity index (χ0n) is 18.7. The predicted molar refractivity (Wildman–Crippen MR) is 127 cm³/mol. The van der Waals surface area contributed by atoms with Crippen LogP contribution < -0.4 is 9.47 Å². The summed E-state index contributed by atoms with van der Waals surface area (Å²) in [5.41, 5.74) is 0.593. The molecule has 170 valence electrons. The van der Waals surface area contributed by atoms with Crippen molar-refractivity contribution < 1.29 is 22.7 Å². The summed E-state index contributed by atoms with van der Waals surface area (Å²) in [5, 5.41) is 1.50. The molecule has 0 amide bonds. The summed E-state index contributed by atoms with van der Waals surface area (Å²) < 4.78 is 38.7. The second-order valence-electron chi connectivity index (χ2n) is 7.69. The molecule has 0 saturated carbocycles. The highest BCUT2D eigenvalue weighted by Gasteiger charge is 2.26. The molecule has 0 aromatic heterocycles. The lowest BCUT2D eigenvalue weighted by atomic mass is 9.99. The Bertz CT molecular complexity index is 1150. The SMILES string of the molecule is CCCCOc1c(C=O)c(CS(=O)(=O)c2ccccc2)c(OCCCC)c2ccccc12. The maximum Gasteiger partial charge on any atom is 0.182 e. The average molecular weight is 455 g/mol. The van der Waals surface area contributed by atoms with Crippen molar-refractivity contribution in [3.05, 3.63) is 65.7 Å². The lowest BCUT2D eigenvalue weighted by Gasteiger charge is -2.20. The van der Waals surface area contributed by atoms with E-state index in [9.17, 15) is 13.2 Å². The van der Waals surface area contributed by atoms with Crippen LogP contribution in [0.2, 0.25) is 0 Å². The first-order valence-electron chi connectivity index (χ1n) is 11.1. The van der Waals surface area contributed by atoms with Crippen LogP contribution in [-0.2, 0) is 15.6 Å². The Morgan fingerprint density at radius 1 is 0.781 bits per heavy atom. The Kier molecular flexibility index (Phi) is 8.28. The molecule has 0 unspecified atom stereocenters. The van der Waals surface area contributed by atoms with Crippen LogP contribution in [0.15, 0.2) is 59.5 Å². The zero-order chi connectivity index (χ0) is 23.0. The molecule has 0 saturated heterocycles. The molecule has 5 nitrogen and oxygen atoms in total. The first-order valence-corrected chi connectivity index (χ1v) is 12.7. The second-order valence-corrected chi connectivity index (χ2v) is 9.68. The van der Waals surface area contributed by atoms with Gasteiger partial charge in [-0.15, -0.1) is 0 Å². The standard InChI is InChI=1S/C26H30O5S/c1-3-5-16-30-25-21-14-10-11-15-22(21)26(31-17-6-4-2)24(23(25)18-27)19-32(28,29)20-12-8-7-9-13-20/h7-15,18H,3-6,16-17,19H2,1-2H3. The number of sulfone groups is 1. The van der Waals surface area contributed by atoms with E-state index in [4.69, 9.17) is 9.47 Å². The summed E-state index contributed by atoms with van der Waals surface area (Å²) in [6.07, 6.45) is 4.23. The summed E-state index contributed by atoms with van der Waals surface area (Å²) in [6, 6.07) is 15.8. The Balaban J connectivity index is 2.22. The van der Waals surface area contributed by atoms with Crippen molar-refractivity contribution in [2.75, 3.05) is 13.2 Å². The molecule has 0 bridgehead atoms. The number of rotatable bonds is 12. The fourth-order valence-corrected chi connectivity index (χ4v) is 4.98. The number of carbonyl (C=O) groups is 1. The van der Waals surface area contributed by atoms with Crippen molar-refractivity contribution in [2.24, 2.45) is 0 Å². The molecule has 0 heterocycles. The summed E-state index contributed by atoms with van der Waals surface area (Å²) in [5.74, 6) is 0.519. The van der Waals surface area contributed by atoms with E-state index in [1.807, 2.05) is 24.3 Å². The second kappa shape index (κ2) is 11.1. The number of hydrogen-bond acceptors (Lipinski definition) is 5. The van der Waals surface area contributed by atoms with Crippen LogP contribution >= 0.6 is 0 Å². The maximum absolute atomic E-state index is 13.2. The minimum Gasteiger partial charge on any atom is -0.493 e. The van der Waals surface area contributed by atoms with Crippen LogP contribution in [0.5, 0.6) is 11.5 Å². The van der Waals surface area contributed by atoms with Gasteiger partial charge in [-0.2, -0.15) is 0 Å².